The highest BCUT2D eigenvalue weighted by Crippen LogP contribution is 2.38. The quantitative estimate of drug-likeness (QED) is 0.558. The molecule has 1 saturated carbocycles. The average molecular weight is 151 g/mol. The molecule has 0 aliphatic heterocycles. The minimum Gasteiger partial charge on any atom is -0.353 e. The maximum Gasteiger partial charge on any atom is 0.217 e. The number of allylic oxidation sites excluding steroid dienone is 1. The molecule has 0 heterocycles. The third-order valence-electron chi connectivity index (χ3n) is 2.67. The van der Waals surface area contributed by atoms with Crippen LogP contribution in [0.25, 0.3) is 0 Å². The topological polar surface area (TPSA) is 29.1 Å². The zero-order valence-corrected chi connectivity index (χ0v) is 6.71. The molecule has 2 aliphatic carbocycles. The van der Waals surface area contributed by atoms with Crippen LogP contribution >= 0.6 is 0 Å². The van der Waals surface area contributed by atoms with Crippen LogP contribution in [0.15, 0.2) is 12.2 Å². The van der Waals surface area contributed by atoms with Crippen LogP contribution in [0.4, 0.5) is 0 Å². The summed E-state index contributed by atoms with van der Waals surface area (Å²) in [4.78, 5) is 10.7. The van der Waals surface area contributed by atoms with E-state index in [2.05, 4.69) is 17.5 Å². The van der Waals surface area contributed by atoms with Crippen molar-refractivity contribution in [3.05, 3.63) is 12.2 Å². The fraction of sp³-hybridized carbons (Fsp3) is 0.667. The molecule has 0 radical (unpaired) electrons. The Kier molecular flexibility index (Phi) is 1.48. The molecule has 1 amide bonds. The number of amides is 1. The van der Waals surface area contributed by atoms with Gasteiger partial charge in [0.1, 0.15) is 0 Å². The molecule has 0 saturated heterocycles. The molecule has 1 fully saturated rings. The lowest BCUT2D eigenvalue weighted by atomic mass is 10.0. The van der Waals surface area contributed by atoms with Gasteiger partial charge in [-0.15, -0.1) is 0 Å². The zero-order valence-electron chi connectivity index (χ0n) is 6.71. The minimum absolute atomic E-state index is 0.107. The van der Waals surface area contributed by atoms with Crippen molar-refractivity contribution in [2.75, 3.05) is 0 Å². The molecule has 2 aliphatic rings. The molecule has 3 atom stereocenters. The van der Waals surface area contributed by atoms with Crippen molar-refractivity contribution in [1.29, 1.82) is 0 Å². The second kappa shape index (κ2) is 2.36. The number of rotatable bonds is 1. The van der Waals surface area contributed by atoms with Crippen LogP contribution in [0.3, 0.4) is 0 Å². The number of carbonyl (C=O) groups is 1. The van der Waals surface area contributed by atoms with Crippen molar-refractivity contribution in [1.82, 2.24) is 5.32 Å². The molecule has 11 heavy (non-hydrogen) atoms. The highest BCUT2D eigenvalue weighted by Gasteiger charge is 2.35. The number of nitrogens with one attached hydrogen (secondary N) is 1. The largest absolute Gasteiger partial charge is 0.353 e. The molecule has 2 bridgehead atoms. The maximum absolute atomic E-state index is 10.7. The zero-order chi connectivity index (χ0) is 7.84. The lowest BCUT2D eigenvalue weighted by Gasteiger charge is -2.18. The summed E-state index contributed by atoms with van der Waals surface area (Å²) in [5.74, 6) is 1.48. The molecule has 2 heteroatoms. The number of hydrogen-bond donors (Lipinski definition) is 1. The number of hydrogen-bond acceptors (Lipinski definition) is 1. The summed E-state index contributed by atoms with van der Waals surface area (Å²) in [6, 6.07) is 0.433. The van der Waals surface area contributed by atoms with E-state index in [0.717, 1.165) is 12.3 Å². The van der Waals surface area contributed by atoms with Crippen molar-refractivity contribution >= 4 is 5.91 Å². The monoisotopic (exact) mass is 151 g/mol. The standard InChI is InChI=1S/C9H13NO/c1-6(11)10-9-5-7-2-3-8(9)4-7/h2-3,7-9H,4-5H2,1H3,(H,10,11)/t7-,8+,9-/m0/s1. The molecule has 0 aromatic carbocycles. The predicted octanol–water partition coefficient (Wildman–Crippen LogP) is 1.09. The van der Waals surface area contributed by atoms with Crippen LogP contribution in [0, 0.1) is 11.8 Å². The van der Waals surface area contributed by atoms with Crippen LogP contribution in [0.2, 0.25) is 0 Å². The van der Waals surface area contributed by atoms with E-state index in [1.54, 1.807) is 6.92 Å². The fourth-order valence-electron chi connectivity index (χ4n) is 2.21. The van der Waals surface area contributed by atoms with E-state index in [0.29, 0.717) is 12.0 Å². The van der Waals surface area contributed by atoms with Gasteiger partial charge in [0, 0.05) is 13.0 Å². The summed E-state index contributed by atoms with van der Waals surface area (Å²) in [5, 5.41) is 2.98. The van der Waals surface area contributed by atoms with E-state index in [1.165, 1.54) is 6.42 Å². The van der Waals surface area contributed by atoms with E-state index in [-0.39, 0.29) is 5.91 Å². The van der Waals surface area contributed by atoms with E-state index in [4.69, 9.17) is 0 Å². The predicted molar refractivity (Wildman–Crippen MR) is 43.0 cm³/mol. The summed E-state index contributed by atoms with van der Waals surface area (Å²) in [6.45, 7) is 1.59. The molecule has 0 aromatic heterocycles. The van der Waals surface area contributed by atoms with Gasteiger partial charge in [-0.3, -0.25) is 4.79 Å². The van der Waals surface area contributed by atoms with Crippen molar-refractivity contribution in [3.8, 4) is 0 Å². The van der Waals surface area contributed by atoms with E-state index in [9.17, 15) is 4.79 Å². The molecular weight excluding hydrogens is 138 g/mol. The first-order chi connectivity index (χ1) is 5.25. The molecular formula is C9H13NO. The second-order valence-electron chi connectivity index (χ2n) is 3.59. The first-order valence-electron chi connectivity index (χ1n) is 4.21. The summed E-state index contributed by atoms with van der Waals surface area (Å²) in [6.07, 6.45) is 6.93. The van der Waals surface area contributed by atoms with Gasteiger partial charge < -0.3 is 5.32 Å². The van der Waals surface area contributed by atoms with Gasteiger partial charge in [-0.1, -0.05) is 12.2 Å². The van der Waals surface area contributed by atoms with E-state index < -0.39 is 0 Å². The van der Waals surface area contributed by atoms with Gasteiger partial charge in [0.05, 0.1) is 0 Å². The van der Waals surface area contributed by atoms with Crippen LogP contribution in [-0.2, 0) is 4.79 Å². The summed E-state index contributed by atoms with van der Waals surface area (Å²) < 4.78 is 0. The molecule has 0 unspecified atom stereocenters. The van der Waals surface area contributed by atoms with Gasteiger partial charge in [-0.05, 0) is 24.7 Å². The first-order valence-corrected chi connectivity index (χ1v) is 4.21. The highest BCUT2D eigenvalue weighted by atomic mass is 16.1. The van der Waals surface area contributed by atoms with Crippen LogP contribution in [0.5, 0.6) is 0 Å². The Balaban J connectivity index is 1.98. The van der Waals surface area contributed by atoms with Gasteiger partial charge in [0.2, 0.25) is 5.91 Å². The van der Waals surface area contributed by atoms with Crippen LogP contribution in [0.1, 0.15) is 19.8 Å². The third-order valence-corrected chi connectivity index (χ3v) is 2.67. The summed E-state index contributed by atoms with van der Waals surface area (Å²) in [5.41, 5.74) is 0. The molecule has 0 aromatic rings. The molecule has 2 rings (SSSR count). The van der Waals surface area contributed by atoms with Gasteiger partial charge in [-0.2, -0.15) is 0 Å². The van der Waals surface area contributed by atoms with Crippen molar-refractivity contribution < 1.29 is 4.79 Å². The number of carbonyl (C=O) groups excluding carboxylic acids is 1. The van der Waals surface area contributed by atoms with Gasteiger partial charge >= 0.3 is 0 Å². The van der Waals surface area contributed by atoms with E-state index >= 15 is 0 Å². The van der Waals surface area contributed by atoms with Crippen molar-refractivity contribution in [3.63, 3.8) is 0 Å². The average Bonchev–Trinajstić information content (AvgIpc) is 2.45. The third kappa shape index (κ3) is 1.17. The van der Waals surface area contributed by atoms with Gasteiger partial charge in [0.25, 0.3) is 0 Å². The molecule has 1 N–H and O–H groups in total. The van der Waals surface area contributed by atoms with E-state index in [1.807, 2.05) is 0 Å². The second-order valence-corrected chi connectivity index (χ2v) is 3.59. The Hall–Kier alpha value is -0.790. The molecule has 60 valence electrons. The summed E-state index contributed by atoms with van der Waals surface area (Å²) in [7, 11) is 0. The number of fused-ring (bicyclic) bond motifs is 2. The lowest BCUT2D eigenvalue weighted by Crippen LogP contribution is -2.35. The Morgan fingerprint density at radius 1 is 1.45 bits per heavy atom. The van der Waals surface area contributed by atoms with Crippen molar-refractivity contribution in [2.45, 2.75) is 25.8 Å². The first kappa shape index (κ1) is 6.89. The highest BCUT2D eigenvalue weighted by molar-refractivity contribution is 5.73. The van der Waals surface area contributed by atoms with Gasteiger partial charge in [0.15, 0.2) is 0 Å². The normalized spacial score (nSPS) is 39.5. The Labute approximate surface area is 66.7 Å². The maximum atomic E-state index is 10.7. The van der Waals surface area contributed by atoms with Crippen LogP contribution in [-0.4, -0.2) is 11.9 Å². The van der Waals surface area contributed by atoms with Crippen molar-refractivity contribution in [2.24, 2.45) is 11.8 Å². The summed E-state index contributed by atoms with van der Waals surface area (Å²) >= 11 is 0. The van der Waals surface area contributed by atoms with Gasteiger partial charge in [-0.25, -0.2) is 0 Å². The smallest absolute Gasteiger partial charge is 0.217 e. The molecule has 2 nitrogen and oxygen atoms in total. The fourth-order valence-corrected chi connectivity index (χ4v) is 2.21. The SMILES string of the molecule is CC(=O)N[C@H]1C[C@H]2C=C[C@@H]1C2. The lowest BCUT2D eigenvalue weighted by molar-refractivity contribution is -0.119. The molecule has 0 spiro atoms. The Morgan fingerprint density at radius 2 is 2.27 bits per heavy atom. The Bertz CT molecular complexity index is 210. The van der Waals surface area contributed by atoms with Crippen LogP contribution < -0.4 is 5.32 Å². The minimum atomic E-state index is 0.107. The Morgan fingerprint density at radius 3 is 2.73 bits per heavy atom.